The zero-order valence-corrected chi connectivity index (χ0v) is 11.3. The Morgan fingerprint density at radius 3 is 2.58 bits per heavy atom. The minimum Gasteiger partial charge on any atom is -0.324 e. The Labute approximate surface area is 115 Å². The van der Waals surface area contributed by atoms with E-state index < -0.39 is 0 Å². The number of hydrogen-bond donors (Lipinski definition) is 1. The number of amides is 2. The zero-order chi connectivity index (χ0) is 13.1. The molecule has 1 N–H and O–H groups in total. The maximum Gasteiger partial charge on any atom is 0.321 e. The summed E-state index contributed by atoms with van der Waals surface area (Å²) in [6, 6.07) is 9.79. The molecule has 1 saturated carbocycles. The Bertz CT molecular complexity index is 432. The molecular weight excluding hydrogens is 236 g/mol. The smallest absolute Gasteiger partial charge is 0.321 e. The van der Waals surface area contributed by atoms with Gasteiger partial charge in [-0.15, -0.1) is 0 Å². The highest BCUT2D eigenvalue weighted by molar-refractivity contribution is 5.89. The summed E-state index contributed by atoms with van der Waals surface area (Å²) in [5.41, 5.74) is 0.887. The number of hydrogen-bond acceptors (Lipinski definition) is 1. The van der Waals surface area contributed by atoms with Gasteiger partial charge < -0.3 is 10.2 Å². The molecule has 3 heteroatoms. The summed E-state index contributed by atoms with van der Waals surface area (Å²) in [5.74, 6) is 1.61. The Morgan fingerprint density at radius 1 is 1.05 bits per heavy atom. The van der Waals surface area contributed by atoms with Gasteiger partial charge in [0.2, 0.25) is 0 Å². The average molecular weight is 258 g/mol. The maximum atomic E-state index is 12.3. The van der Waals surface area contributed by atoms with E-state index in [1.54, 1.807) is 0 Å². The molecule has 0 radical (unpaired) electrons. The van der Waals surface area contributed by atoms with Crippen molar-refractivity contribution in [3.8, 4) is 0 Å². The lowest BCUT2D eigenvalue weighted by Crippen LogP contribution is -2.46. The van der Waals surface area contributed by atoms with Crippen molar-refractivity contribution in [2.45, 2.75) is 32.1 Å². The first-order valence-corrected chi connectivity index (χ1v) is 7.44. The van der Waals surface area contributed by atoms with E-state index in [9.17, 15) is 4.79 Å². The largest absolute Gasteiger partial charge is 0.324 e. The summed E-state index contributed by atoms with van der Waals surface area (Å²) in [7, 11) is 0. The van der Waals surface area contributed by atoms with Crippen LogP contribution in [0, 0.1) is 11.8 Å². The molecule has 1 saturated heterocycles. The van der Waals surface area contributed by atoms with Crippen molar-refractivity contribution in [1.82, 2.24) is 4.90 Å². The minimum atomic E-state index is 0.0650. The van der Waals surface area contributed by atoms with Crippen molar-refractivity contribution in [3.05, 3.63) is 30.3 Å². The standard InChI is InChI=1S/C16H22N2O/c19-16(17-15-8-2-1-3-9-15)18-11-10-13-6-4-5-7-14(13)12-18/h1-3,8-9,13-14H,4-7,10-12H2,(H,17,19). The molecule has 1 heterocycles. The van der Waals surface area contributed by atoms with Gasteiger partial charge in [-0.3, -0.25) is 0 Å². The molecular formula is C16H22N2O. The SMILES string of the molecule is O=C(Nc1ccccc1)N1CCC2CCCCC2C1. The summed E-state index contributed by atoms with van der Waals surface area (Å²) >= 11 is 0. The molecule has 2 unspecified atom stereocenters. The molecule has 0 spiro atoms. The van der Waals surface area contributed by atoms with Crippen LogP contribution in [-0.4, -0.2) is 24.0 Å². The van der Waals surface area contributed by atoms with Gasteiger partial charge in [0, 0.05) is 18.8 Å². The number of benzene rings is 1. The van der Waals surface area contributed by atoms with Crippen LogP contribution in [0.2, 0.25) is 0 Å². The predicted molar refractivity (Wildman–Crippen MR) is 77.1 cm³/mol. The van der Waals surface area contributed by atoms with Crippen molar-refractivity contribution < 1.29 is 4.79 Å². The Morgan fingerprint density at radius 2 is 1.79 bits per heavy atom. The van der Waals surface area contributed by atoms with Crippen molar-refractivity contribution in [2.75, 3.05) is 18.4 Å². The summed E-state index contributed by atoms with van der Waals surface area (Å²) in [6.45, 7) is 1.86. The number of para-hydroxylation sites is 1. The second-order valence-electron chi connectivity index (χ2n) is 5.84. The van der Waals surface area contributed by atoms with Gasteiger partial charge in [0.1, 0.15) is 0 Å². The topological polar surface area (TPSA) is 32.3 Å². The Kier molecular flexibility index (Phi) is 3.72. The number of carbonyl (C=O) groups is 1. The number of likely N-dealkylation sites (tertiary alicyclic amines) is 1. The van der Waals surface area contributed by atoms with Crippen LogP contribution in [0.5, 0.6) is 0 Å². The molecule has 3 nitrogen and oxygen atoms in total. The summed E-state index contributed by atoms with van der Waals surface area (Å²) in [5, 5.41) is 2.99. The highest BCUT2D eigenvalue weighted by atomic mass is 16.2. The number of rotatable bonds is 1. The van der Waals surface area contributed by atoms with E-state index >= 15 is 0 Å². The van der Waals surface area contributed by atoms with E-state index in [4.69, 9.17) is 0 Å². The lowest BCUT2D eigenvalue weighted by atomic mass is 9.75. The van der Waals surface area contributed by atoms with Crippen LogP contribution in [0.3, 0.4) is 0 Å². The molecule has 0 aromatic heterocycles. The van der Waals surface area contributed by atoms with Gasteiger partial charge >= 0.3 is 6.03 Å². The van der Waals surface area contributed by atoms with E-state index in [0.717, 1.165) is 30.6 Å². The second kappa shape index (κ2) is 5.64. The Balaban J connectivity index is 1.59. The van der Waals surface area contributed by atoms with Gasteiger partial charge in [-0.05, 0) is 36.8 Å². The third-order valence-corrected chi connectivity index (χ3v) is 4.60. The summed E-state index contributed by atoms with van der Waals surface area (Å²) in [6.07, 6.45) is 6.60. The molecule has 0 bridgehead atoms. The molecule has 2 aliphatic rings. The van der Waals surface area contributed by atoms with Gasteiger partial charge in [-0.2, -0.15) is 0 Å². The quantitative estimate of drug-likeness (QED) is 0.818. The fourth-order valence-electron chi connectivity index (χ4n) is 3.51. The highest BCUT2D eigenvalue weighted by Crippen LogP contribution is 2.36. The third-order valence-electron chi connectivity index (χ3n) is 4.60. The average Bonchev–Trinajstić information content (AvgIpc) is 2.48. The van der Waals surface area contributed by atoms with Crippen molar-refractivity contribution >= 4 is 11.7 Å². The molecule has 1 aromatic rings. The number of nitrogens with one attached hydrogen (secondary N) is 1. The van der Waals surface area contributed by atoms with E-state index in [0.29, 0.717) is 0 Å². The molecule has 3 rings (SSSR count). The van der Waals surface area contributed by atoms with Gasteiger partial charge in [-0.1, -0.05) is 37.5 Å². The van der Waals surface area contributed by atoms with Gasteiger partial charge in [-0.25, -0.2) is 4.79 Å². The molecule has 1 aromatic carbocycles. The molecule has 19 heavy (non-hydrogen) atoms. The number of nitrogens with zero attached hydrogens (tertiary/aromatic N) is 1. The van der Waals surface area contributed by atoms with Crippen molar-refractivity contribution in [2.24, 2.45) is 11.8 Å². The van der Waals surface area contributed by atoms with Crippen LogP contribution >= 0.6 is 0 Å². The molecule has 2 fully saturated rings. The first-order valence-electron chi connectivity index (χ1n) is 7.44. The first-order chi connectivity index (χ1) is 9.33. The van der Waals surface area contributed by atoms with Crippen LogP contribution in [0.25, 0.3) is 0 Å². The van der Waals surface area contributed by atoms with Gasteiger partial charge in [0.05, 0.1) is 0 Å². The first kappa shape index (κ1) is 12.5. The van der Waals surface area contributed by atoms with E-state index in [1.807, 2.05) is 35.2 Å². The van der Waals surface area contributed by atoms with Crippen LogP contribution in [-0.2, 0) is 0 Å². The summed E-state index contributed by atoms with van der Waals surface area (Å²) in [4.78, 5) is 14.3. The fourth-order valence-corrected chi connectivity index (χ4v) is 3.51. The number of anilines is 1. The molecule has 102 valence electrons. The van der Waals surface area contributed by atoms with E-state index in [1.165, 1.54) is 32.1 Å². The zero-order valence-electron chi connectivity index (χ0n) is 11.3. The molecule has 1 aliphatic carbocycles. The monoisotopic (exact) mass is 258 g/mol. The maximum absolute atomic E-state index is 12.3. The minimum absolute atomic E-state index is 0.0650. The number of fused-ring (bicyclic) bond motifs is 1. The lowest BCUT2D eigenvalue weighted by Gasteiger charge is -2.41. The van der Waals surface area contributed by atoms with Crippen LogP contribution in [0.15, 0.2) is 30.3 Å². The highest BCUT2D eigenvalue weighted by Gasteiger charge is 2.32. The predicted octanol–water partition coefficient (Wildman–Crippen LogP) is 3.73. The normalized spacial score (nSPS) is 26.6. The van der Waals surface area contributed by atoms with Crippen LogP contribution in [0.1, 0.15) is 32.1 Å². The molecule has 2 atom stereocenters. The molecule has 2 amide bonds. The van der Waals surface area contributed by atoms with Gasteiger partial charge in [0.15, 0.2) is 0 Å². The van der Waals surface area contributed by atoms with E-state index in [-0.39, 0.29) is 6.03 Å². The van der Waals surface area contributed by atoms with Crippen LogP contribution < -0.4 is 5.32 Å². The van der Waals surface area contributed by atoms with E-state index in [2.05, 4.69) is 5.32 Å². The van der Waals surface area contributed by atoms with Crippen molar-refractivity contribution in [1.29, 1.82) is 0 Å². The van der Waals surface area contributed by atoms with Crippen molar-refractivity contribution in [3.63, 3.8) is 0 Å². The number of carbonyl (C=O) groups excluding carboxylic acids is 1. The Hall–Kier alpha value is -1.51. The fraction of sp³-hybridized carbons (Fsp3) is 0.562. The number of urea groups is 1. The second-order valence-corrected chi connectivity index (χ2v) is 5.84. The number of piperidine rings is 1. The van der Waals surface area contributed by atoms with Crippen LogP contribution in [0.4, 0.5) is 10.5 Å². The summed E-state index contributed by atoms with van der Waals surface area (Å²) < 4.78 is 0. The third kappa shape index (κ3) is 2.91. The molecule has 1 aliphatic heterocycles. The van der Waals surface area contributed by atoms with Gasteiger partial charge in [0.25, 0.3) is 0 Å². The lowest BCUT2D eigenvalue weighted by molar-refractivity contribution is 0.108.